The highest BCUT2D eigenvalue weighted by Crippen LogP contribution is 2.44. The van der Waals surface area contributed by atoms with Gasteiger partial charge in [0.25, 0.3) is 0 Å². The Balaban J connectivity index is 0.00000645. The van der Waals surface area contributed by atoms with E-state index in [0.717, 1.165) is 33.4 Å². The molecule has 0 atom stereocenters. The van der Waals surface area contributed by atoms with E-state index >= 15 is 0 Å². The van der Waals surface area contributed by atoms with Crippen LogP contribution in [0.2, 0.25) is 0 Å². The van der Waals surface area contributed by atoms with Gasteiger partial charge in [-0.25, -0.2) is 0 Å². The second-order valence-electron chi connectivity index (χ2n) is 28.6. The Labute approximate surface area is 538 Å². The number of nitrogens with zero attached hydrogens (tertiary/aromatic N) is 2. The lowest BCUT2D eigenvalue weighted by molar-refractivity contribution is -0.911. The van der Waals surface area contributed by atoms with Crippen LogP contribution in [-0.2, 0) is 73.3 Å². The largest absolute Gasteiger partial charge is 1.00 e. The van der Waals surface area contributed by atoms with Crippen molar-refractivity contribution in [2.75, 3.05) is 40.3 Å². The average Bonchev–Trinajstić information content (AvgIpc) is 3.53. The minimum absolute atomic E-state index is 0. The Morgan fingerprint density at radius 1 is 0.310 bits per heavy atom. The van der Waals surface area contributed by atoms with E-state index in [4.69, 9.17) is 0 Å². The van der Waals surface area contributed by atoms with Gasteiger partial charge in [-0.2, -0.15) is 0 Å². The summed E-state index contributed by atoms with van der Waals surface area (Å²) >= 11 is 0. The maximum Gasteiger partial charge on any atom is 0.122 e. The van der Waals surface area contributed by atoms with E-state index in [9.17, 15) is 30.6 Å². The van der Waals surface area contributed by atoms with Gasteiger partial charge in [-0.1, -0.05) is 158 Å². The average molecular weight is 1360 g/mol. The predicted octanol–water partition coefficient (Wildman–Crippen LogP) is 9.61. The molecule has 1 aliphatic carbocycles. The Hall–Kier alpha value is -5.54. The molecule has 0 heterocycles. The van der Waals surface area contributed by atoms with Gasteiger partial charge in [-0.15, -0.1) is 0 Å². The molecule has 10 heteroatoms. The molecule has 6 aromatic carbocycles. The molecule has 0 saturated carbocycles. The van der Waals surface area contributed by atoms with Crippen LogP contribution in [0.3, 0.4) is 0 Å². The monoisotopic (exact) mass is 1360 g/mol. The van der Waals surface area contributed by atoms with E-state index in [1.807, 2.05) is 97.1 Å². The summed E-state index contributed by atoms with van der Waals surface area (Å²) in [6, 6.07) is 24.5. The van der Waals surface area contributed by atoms with E-state index in [1.54, 1.807) is 0 Å². The zero-order valence-electron chi connectivity index (χ0n) is 52.9. The number of likely N-dealkylation sites (N-methyl/N-ethyl adjacent to an activating group) is 2. The first kappa shape index (κ1) is 69.2. The first-order chi connectivity index (χ1) is 38.1. The van der Waals surface area contributed by atoms with E-state index in [-0.39, 0.29) is 143 Å². The van der Waals surface area contributed by atoms with E-state index < -0.39 is 0 Å². The van der Waals surface area contributed by atoms with Crippen molar-refractivity contribution in [3.05, 3.63) is 224 Å². The van der Waals surface area contributed by atoms with Gasteiger partial charge >= 0.3 is 0 Å². The van der Waals surface area contributed by atoms with Gasteiger partial charge in [0.05, 0.1) is 40.3 Å². The normalized spacial score (nSPS) is 13.4. The molecule has 0 fully saturated rings. The van der Waals surface area contributed by atoms with Crippen LogP contribution in [-0.4, -0.2) is 79.9 Å². The van der Waals surface area contributed by atoms with Crippen LogP contribution in [0.15, 0.2) is 123 Å². The molecule has 1 aliphatic rings. The Bertz CT molecular complexity index is 3000. The zero-order valence-corrected chi connectivity index (χ0v) is 57.2. The first-order valence-corrected chi connectivity index (χ1v) is 29.3. The predicted molar refractivity (Wildman–Crippen MR) is 340 cm³/mol. The third-order valence-corrected chi connectivity index (χ3v) is 16.9. The molecule has 0 saturated heterocycles. The molecule has 6 N–H and O–H groups in total. The summed E-state index contributed by atoms with van der Waals surface area (Å²) in [5, 5.41) is 76.2. The van der Waals surface area contributed by atoms with Crippen LogP contribution in [0, 0.1) is 0 Å². The van der Waals surface area contributed by atoms with Gasteiger partial charge in [0.2, 0.25) is 0 Å². The fourth-order valence-corrected chi connectivity index (χ4v) is 12.0. The Kier molecular flexibility index (Phi) is 21.9. The lowest BCUT2D eigenvalue weighted by Crippen LogP contribution is -3.00. The molecular formula is C74H96I2N2O6. The van der Waals surface area contributed by atoms with Gasteiger partial charge in [0.15, 0.2) is 0 Å². The van der Waals surface area contributed by atoms with Crippen molar-refractivity contribution in [2.45, 2.75) is 156 Å². The third kappa shape index (κ3) is 16.1. The number of aromatic hydroxyl groups is 6. The molecule has 8 nitrogen and oxygen atoms in total. The molecule has 84 heavy (non-hydrogen) atoms. The number of hydrogen-bond donors (Lipinski definition) is 6. The van der Waals surface area contributed by atoms with Crippen molar-refractivity contribution < 1.29 is 87.6 Å². The minimum Gasteiger partial charge on any atom is -1.00 e. The molecule has 452 valence electrons. The topological polar surface area (TPSA) is 121 Å². The van der Waals surface area contributed by atoms with Gasteiger partial charge in [-0.3, -0.25) is 0 Å². The Morgan fingerprint density at radius 3 is 0.583 bits per heavy atom. The first-order valence-electron chi connectivity index (χ1n) is 29.3. The lowest BCUT2D eigenvalue weighted by atomic mass is 9.80. The number of benzene rings is 6. The maximum atomic E-state index is 12.7. The molecule has 12 bridgehead atoms. The molecule has 0 aromatic heterocycles. The number of rotatable bonds is 12. The summed E-state index contributed by atoms with van der Waals surface area (Å²) in [6.07, 6.45) is 8.88. The van der Waals surface area contributed by atoms with E-state index in [0.29, 0.717) is 115 Å². The van der Waals surface area contributed by atoms with Crippen LogP contribution in [0.25, 0.3) is 0 Å². The Morgan fingerprint density at radius 2 is 0.452 bits per heavy atom. The second-order valence-corrected chi connectivity index (χ2v) is 28.6. The smallest absolute Gasteiger partial charge is 0.122 e. The molecular weight excluding hydrogens is 1270 g/mol. The van der Waals surface area contributed by atoms with E-state index in [1.165, 1.54) is 0 Å². The number of phenols is 6. The van der Waals surface area contributed by atoms with Crippen molar-refractivity contribution in [2.24, 2.45) is 0 Å². The fraction of sp³-hybridized carbons (Fsp3) is 0.405. The summed E-state index contributed by atoms with van der Waals surface area (Å²) in [4.78, 5) is 0. The van der Waals surface area contributed by atoms with Gasteiger partial charge in [0.1, 0.15) is 47.6 Å². The van der Waals surface area contributed by atoms with Crippen molar-refractivity contribution >= 4 is 0 Å². The van der Waals surface area contributed by atoms with Crippen molar-refractivity contribution in [1.29, 1.82) is 0 Å². The minimum atomic E-state index is -0.338. The SMILES string of the molecule is C=CC[N+](C)(CC=C)Cc1cc2c(O)c(c1)Cc1cc(C(C)(C)C)cc(c1O)Cc1cc(C(C)(C)C)cc(c1O)Cc1cc(C[N+](C)(CC=C)CC=C)cc(c1O)Cc1cc(C(C)(C)C)cc(c1O)Cc1cc(C(C)(C)C)cc(c1O)C2.[I-].[I-]. The number of halogens is 2. The lowest BCUT2D eigenvalue weighted by Gasteiger charge is -2.33. The van der Waals surface area contributed by atoms with Gasteiger partial charge in [0, 0.05) is 49.7 Å². The maximum absolute atomic E-state index is 12.7. The number of phenolic OH excluding ortho intramolecular Hbond substituents is 6. The summed E-state index contributed by atoms with van der Waals surface area (Å²) in [5.74, 6) is 0.531. The van der Waals surface area contributed by atoms with Crippen LogP contribution in [0.5, 0.6) is 34.5 Å². The van der Waals surface area contributed by atoms with Gasteiger partial charge < -0.3 is 87.6 Å². The van der Waals surface area contributed by atoms with Crippen molar-refractivity contribution in [3.63, 3.8) is 0 Å². The molecule has 0 radical (unpaired) electrons. The molecule has 7 rings (SSSR count). The standard InChI is InChI=1S/C74H94N2O6.2HI/c1-19-23-75(17,24-20-2)45-47-27-49-31-53-37-61(71(5,6)7)41-57(67(53)79)35-59-43-63(73(11,12)13)39-55(69(59)81)33-51-29-48(46-76(18,25-21-3)26-22-4)30-52(66(51)78)34-56-40-64(74(14,15)16)44-60(70(56)82)36-58-42-62(72(8,9)10)38-54(68(58)80)32-50(28-47)65(49)77;;/h19-22,27-30,37-44H,1-4,23-26,31-36,45-46H2,5-18H3,(H4-2,77,78,79,80,81,82);2*1H. The summed E-state index contributed by atoms with van der Waals surface area (Å²) < 4.78 is 1.18. The number of fused-ring (bicyclic) bond motifs is 12. The van der Waals surface area contributed by atoms with E-state index in [2.05, 4.69) is 123 Å². The number of hydrogen-bond acceptors (Lipinski definition) is 6. The molecule has 0 spiro atoms. The van der Waals surface area contributed by atoms with Crippen LogP contribution in [0.4, 0.5) is 0 Å². The quantitative estimate of drug-likeness (QED) is 0.0412. The number of quaternary nitrogens is 2. The third-order valence-electron chi connectivity index (χ3n) is 16.9. The summed E-state index contributed by atoms with van der Waals surface area (Å²) in [5.41, 5.74) is 12.2. The van der Waals surface area contributed by atoms with Crippen LogP contribution >= 0.6 is 0 Å². The molecule has 0 amide bonds. The van der Waals surface area contributed by atoms with Crippen molar-refractivity contribution in [3.8, 4) is 34.5 Å². The van der Waals surface area contributed by atoms with Gasteiger partial charge in [-0.05, 0) is 159 Å². The zero-order chi connectivity index (χ0) is 60.7. The molecule has 0 aliphatic heterocycles. The molecule has 0 unspecified atom stereocenters. The van der Waals surface area contributed by atoms with Crippen LogP contribution < -0.4 is 48.0 Å². The summed E-state index contributed by atoms with van der Waals surface area (Å²) in [7, 11) is 4.34. The highest BCUT2D eigenvalue weighted by molar-refractivity contribution is 5.60. The molecule has 6 aromatic rings. The summed E-state index contributed by atoms with van der Waals surface area (Å²) in [6.45, 7) is 46.1. The second kappa shape index (κ2) is 26.6. The highest BCUT2D eigenvalue weighted by atomic mass is 127. The fourth-order valence-electron chi connectivity index (χ4n) is 12.0. The highest BCUT2D eigenvalue weighted by Gasteiger charge is 2.30. The van der Waals surface area contributed by atoms with Crippen molar-refractivity contribution in [1.82, 2.24) is 0 Å². The van der Waals surface area contributed by atoms with Crippen LogP contribution in [0.1, 0.15) is 183 Å².